The van der Waals surface area contributed by atoms with Crippen molar-refractivity contribution in [3.63, 3.8) is 0 Å². The summed E-state index contributed by atoms with van der Waals surface area (Å²) in [5, 5.41) is 25.4. The summed E-state index contributed by atoms with van der Waals surface area (Å²) in [6.07, 6.45) is 1.50. The van der Waals surface area contributed by atoms with E-state index in [1.165, 1.54) is 11.8 Å². The number of carbonyl (C=O) groups is 4. The second-order valence-corrected chi connectivity index (χ2v) is 10.4. The van der Waals surface area contributed by atoms with Gasteiger partial charge in [-0.3, -0.25) is 19.8 Å². The molecule has 0 bridgehead atoms. The fourth-order valence-electron chi connectivity index (χ4n) is 3.39. The molecule has 0 aliphatic carbocycles. The number of thioether (sulfide) groups is 1. The van der Waals surface area contributed by atoms with E-state index < -0.39 is 47.5 Å². The lowest BCUT2D eigenvalue weighted by Gasteiger charge is -2.49. The molecule has 0 unspecified atom stereocenters. The highest BCUT2D eigenvalue weighted by molar-refractivity contribution is 8.00. The molecule has 3 amide bonds. The zero-order chi connectivity index (χ0) is 25.2. The Morgan fingerprint density at radius 3 is 2.65 bits per heavy atom. The van der Waals surface area contributed by atoms with Crippen LogP contribution in [0, 0.1) is 0 Å². The van der Waals surface area contributed by atoms with Crippen molar-refractivity contribution < 1.29 is 34.1 Å². The number of nitrogens with zero attached hydrogens (tertiary/aromatic N) is 2. The minimum Gasteiger partial charge on any atom is -0.477 e. The van der Waals surface area contributed by atoms with Crippen molar-refractivity contribution in [1.29, 1.82) is 0 Å². The quantitative estimate of drug-likeness (QED) is 0.318. The highest BCUT2D eigenvalue weighted by atomic mass is 32.2. The maximum atomic E-state index is 13.0. The van der Waals surface area contributed by atoms with Gasteiger partial charge in [0.2, 0.25) is 0 Å². The first kappa shape index (κ1) is 25.7. The summed E-state index contributed by atoms with van der Waals surface area (Å²) in [4.78, 5) is 54.7. The van der Waals surface area contributed by atoms with Gasteiger partial charge in [0.1, 0.15) is 22.7 Å². The minimum absolute atomic E-state index is 0.230. The number of nitrogens with one attached hydrogen (secondary N) is 2. The first-order valence-electron chi connectivity index (χ1n) is 10.4. The largest absolute Gasteiger partial charge is 0.477 e. The number of aliphatic hydroxyl groups excluding tert-OH is 1. The van der Waals surface area contributed by atoms with Crippen LogP contribution in [0.4, 0.5) is 9.93 Å². The molecule has 2 aliphatic heterocycles. The van der Waals surface area contributed by atoms with Gasteiger partial charge < -0.3 is 20.3 Å². The first-order valence-corrected chi connectivity index (χ1v) is 12.4. The van der Waals surface area contributed by atoms with Crippen LogP contribution in [0.3, 0.4) is 0 Å². The van der Waals surface area contributed by atoms with E-state index in [9.17, 15) is 29.4 Å². The van der Waals surface area contributed by atoms with Crippen LogP contribution in [0.5, 0.6) is 0 Å². The molecule has 11 nitrogen and oxygen atoms in total. The first-order chi connectivity index (χ1) is 16.0. The average molecular weight is 511 g/mol. The Balaban J connectivity index is 1.72. The molecule has 0 aromatic carbocycles. The molecule has 1 aromatic rings. The molecule has 2 atom stereocenters. The van der Waals surface area contributed by atoms with Crippen LogP contribution in [-0.2, 0) is 19.1 Å². The van der Waals surface area contributed by atoms with Crippen LogP contribution in [0.15, 0.2) is 22.7 Å². The molecule has 34 heavy (non-hydrogen) atoms. The molecule has 0 saturated carbocycles. The van der Waals surface area contributed by atoms with Gasteiger partial charge in [-0.2, -0.15) is 0 Å². The molecule has 0 radical (unpaired) electrons. The van der Waals surface area contributed by atoms with Crippen molar-refractivity contribution in [2.45, 2.75) is 51.1 Å². The predicted octanol–water partition coefficient (Wildman–Crippen LogP) is 2.01. The van der Waals surface area contributed by atoms with Gasteiger partial charge >= 0.3 is 12.1 Å². The Morgan fingerprint density at radius 1 is 1.35 bits per heavy atom. The van der Waals surface area contributed by atoms with Crippen molar-refractivity contribution >= 4 is 57.7 Å². The van der Waals surface area contributed by atoms with E-state index in [0.29, 0.717) is 12.1 Å². The number of carboxylic acids is 1. The van der Waals surface area contributed by atoms with E-state index >= 15 is 0 Å². The highest BCUT2D eigenvalue weighted by Crippen LogP contribution is 2.40. The number of aromatic nitrogens is 1. The standard InChI is InChI=1S/C21H26N4O7S2/c1-5-6-11(12-9-34-19(22-12)24-20(31)32-21(2,3)4)15(27)23-13-16(28)25-14(18(29)30)10(7-26)8-33-17(13)25/h6,9,13,17,26H,5,7-8H2,1-4H3,(H,23,27)(H,29,30)(H,22,24,31)/t13-,17+/m1/s1. The molecule has 1 saturated heterocycles. The number of anilines is 1. The number of hydrogen-bond donors (Lipinski definition) is 4. The smallest absolute Gasteiger partial charge is 0.413 e. The van der Waals surface area contributed by atoms with E-state index in [2.05, 4.69) is 15.6 Å². The van der Waals surface area contributed by atoms with Gasteiger partial charge in [-0.05, 0) is 32.8 Å². The molecule has 184 valence electrons. The van der Waals surface area contributed by atoms with Gasteiger partial charge in [0, 0.05) is 11.1 Å². The lowest BCUT2D eigenvalue weighted by atomic mass is 10.0. The number of ether oxygens (including phenoxy) is 1. The van der Waals surface area contributed by atoms with Gasteiger partial charge in [-0.25, -0.2) is 14.6 Å². The maximum absolute atomic E-state index is 13.0. The normalized spacial score (nSPS) is 20.4. The zero-order valence-electron chi connectivity index (χ0n) is 19.1. The second-order valence-electron chi connectivity index (χ2n) is 8.47. The summed E-state index contributed by atoms with van der Waals surface area (Å²) in [5.74, 6) is -2.16. The van der Waals surface area contributed by atoms with Crippen LogP contribution in [-0.4, -0.2) is 73.4 Å². The van der Waals surface area contributed by atoms with Crippen molar-refractivity contribution in [2.75, 3.05) is 17.7 Å². The molecule has 4 N–H and O–H groups in total. The van der Waals surface area contributed by atoms with Gasteiger partial charge in [0.25, 0.3) is 11.8 Å². The number of hydrogen-bond acceptors (Lipinski definition) is 9. The molecular weight excluding hydrogens is 484 g/mol. The number of aliphatic hydroxyl groups is 1. The third-order valence-corrected chi connectivity index (χ3v) is 6.87. The molecule has 2 aliphatic rings. The lowest BCUT2D eigenvalue weighted by molar-refractivity contribution is -0.150. The van der Waals surface area contributed by atoms with E-state index in [4.69, 9.17) is 4.74 Å². The van der Waals surface area contributed by atoms with E-state index in [-0.39, 0.29) is 27.7 Å². The topological polar surface area (TPSA) is 158 Å². The van der Waals surface area contributed by atoms with Crippen LogP contribution in [0.1, 0.15) is 39.8 Å². The van der Waals surface area contributed by atoms with E-state index in [1.807, 2.05) is 6.92 Å². The SMILES string of the molecule is CCC=C(C(=O)N[C@@H]1C(=O)N2C(C(=O)O)=C(CO)CS[C@@H]12)c1csc(NC(=O)OC(C)(C)C)n1. The number of carboxylic acid groups (broad SMARTS) is 1. The summed E-state index contributed by atoms with van der Waals surface area (Å²) < 4.78 is 5.20. The van der Waals surface area contributed by atoms with Gasteiger partial charge in [-0.15, -0.1) is 23.1 Å². The molecule has 3 rings (SSSR count). The summed E-state index contributed by atoms with van der Waals surface area (Å²) >= 11 is 2.39. The van der Waals surface area contributed by atoms with Crippen molar-refractivity contribution in [2.24, 2.45) is 0 Å². The second kappa shape index (κ2) is 10.2. The monoisotopic (exact) mass is 510 g/mol. The molecule has 0 spiro atoms. The summed E-state index contributed by atoms with van der Waals surface area (Å²) in [6.45, 7) is 6.58. The van der Waals surface area contributed by atoms with Crippen LogP contribution in [0.2, 0.25) is 0 Å². The fourth-order valence-corrected chi connectivity index (χ4v) is 5.42. The molecular formula is C21H26N4O7S2. The summed E-state index contributed by atoms with van der Waals surface area (Å²) in [6, 6.07) is -0.912. The van der Waals surface area contributed by atoms with Gasteiger partial charge in [-0.1, -0.05) is 13.0 Å². The third-order valence-electron chi connectivity index (χ3n) is 4.77. The van der Waals surface area contributed by atoms with Crippen LogP contribution in [0.25, 0.3) is 5.57 Å². The number of rotatable bonds is 7. The van der Waals surface area contributed by atoms with Crippen LogP contribution >= 0.6 is 23.1 Å². The van der Waals surface area contributed by atoms with Crippen molar-refractivity contribution in [3.8, 4) is 0 Å². The Morgan fingerprint density at radius 2 is 2.06 bits per heavy atom. The average Bonchev–Trinajstić information content (AvgIpc) is 3.20. The predicted molar refractivity (Wildman–Crippen MR) is 127 cm³/mol. The molecule has 1 fully saturated rings. The molecule has 3 heterocycles. The number of carbonyl (C=O) groups excluding carboxylic acids is 3. The Hall–Kier alpha value is -2.90. The Kier molecular flexibility index (Phi) is 7.68. The summed E-state index contributed by atoms with van der Waals surface area (Å²) in [7, 11) is 0. The number of fused-ring (bicyclic) bond motifs is 1. The number of aliphatic carboxylic acids is 1. The third kappa shape index (κ3) is 5.42. The Bertz CT molecular complexity index is 1070. The zero-order valence-corrected chi connectivity index (χ0v) is 20.7. The highest BCUT2D eigenvalue weighted by Gasteiger charge is 2.54. The maximum Gasteiger partial charge on any atom is 0.413 e. The molecule has 13 heteroatoms. The van der Waals surface area contributed by atoms with Crippen molar-refractivity contribution in [1.82, 2.24) is 15.2 Å². The fraction of sp³-hybridized carbons (Fsp3) is 0.476. The van der Waals surface area contributed by atoms with Gasteiger partial charge in [0.15, 0.2) is 5.13 Å². The van der Waals surface area contributed by atoms with Crippen molar-refractivity contribution in [3.05, 3.63) is 28.4 Å². The Labute approximate surface area is 204 Å². The number of allylic oxidation sites excluding steroid dienone is 1. The minimum atomic E-state index is -1.30. The van der Waals surface area contributed by atoms with Crippen LogP contribution < -0.4 is 10.6 Å². The van der Waals surface area contributed by atoms with E-state index in [0.717, 1.165) is 16.2 Å². The lowest BCUT2D eigenvalue weighted by Crippen LogP contribution is -2.70. The number of β-lactam (4-membered cyclic amide) rings is 1. The summed E-state index contributed by atoms with van der Waals surface area (Å²) in [5.41, 5.74) is -0.0999. The molecule has 1 aromatic heterocycles. The van der Waals surface area contributed by atoms with E-state index in [1.54, 1.807) is 32.2 Å². The number of thiazole rings is 1. The number of amides is 3. The van der Waals surface area contributed by atoms with Gasteiger partial charge in [0.05, 0.1) is 17.9 Å².